The number of hydrogen-bond donors (Lipinski definition) is 0. The van der Waals surface area contributed by atoms with Gasteiger partial charge in [0.25, 0.3) is 10.1 Å². The summed E-state index contributed by atoms with van der Waals surface area (Å²) in [5.74, 6) is -1.21. The Morgan fingerprint density at radius 3 is 2.15 bits per heavy atom. The molecule has 144 valence electrons. The molecule has 0 aromatic heterocycles. The lowest BCUT2D eigenvalue weighted by Gasteiger charge is -2.22. The molecule has 10 heteroatoms. The molecule has 2 rings (SSSR count). The van der Waals surface area contributed by atoms with E-state index >= 15 is 0 Å². The van der Waals surface area contributed by atoms with Crippen LogP contribution in [-0.4, -0.2) is 50.3 Å². The van der Waals surface area contributed by atoms with Gasteiger partial charge >= 0.3 is 11.9 Å². The highest BCUT2D eigenvalue weighted by Crippen LogP contribution is 2.31. The van der Waals surface area contributed by atoms with Gasteiger partial charge in [0, 0.05) is 13.8 Å². The Labute approximate surface area is 160 Å². The molecule has 1 aromatic carbocycles. The Kier molecular flexibility index (Phi) is 6.78. The molecule has 1 aliphatic heterocycles. The number of ether oxygens (including phenoxy) is 3. The van der Waals surface area contributed by atoms with Crippen LogP contribution in [0, 0.1) is 6.92 Å². The van der Waals surface area contributed by atoms with Crippen LogP contribution in [0.4, 0.5) is 0 Å². The van der Waals surface area contributed by atoms with Gasteiger partial charge < -0.3 is 14.2 Å². The lowest BCUT2D eigenvalue weighted by atomic mass is 10.1. The molecule has 1 heterocycles. The first kappa shape index (κ1) is 20.8. The van der Waals surface area contributed by atoms with Crippen molar-refractivity contribution < 1.29 is 36.4 Å². The maximum Gasteiger partial charge on any atom is 0.303 e. The number of halogens is 1. The first-order valence-electron chi connectivity index (χ1n) is 7.70. The fourth-order valence-electron chi connectivity index (χ4n) is 2.39. The predicted molar refractivity (Wildman–Crippen MR) is 93.0 cm³/mol. The molecule has 1 aromatic rings. The zero-order valence-corrected chi connectivity index (χ0v) is 16.8. The number of rotatable bonds is 6. The summed E-state index contributed by atoms with van der Waals surface area (Å²) in [6.45, 7) is 3.82. The van der Waals surface area contributed by atoms with Crippen molar-refractivity contribution in [3.05, 3.63) is 29.8 Å². The van der Waals surface area contributed by atoms with Crippen LogP contribution in [-0.2, 0) is 38.1 Å². The molecule has 0 saturated carbocycles. The largest absolute Gasteiger partial charge is 0.456 e. The molecular formula is C16H19BrO8S. The Bertz CT molecular complexity index is 761. The zero-order chi connectivity index (χ0) is 19.5. The normalized spacial score (nSPS) is 25.7. The second kappa shape index (κ2) is 8.47. The van der Waals surface area contributed by atoms with Crippen LogP contribution < -0.4 is 0 Å². The average molecular weight is 451 g/mol. The lowest BCUT2D eigenvalue weighted by Crippen LogP contribution is -2.40. The number of alkyl halides is 1. The highest BCUT2D eigenvalue weighted by atomic mass is 79.9. The van der Waals surface area contributed by atoms with Crippen LogP contribution in [0.25, 0.3) is 0 Å². The fourth-order valence-corrected chi connectivity index (χ4v) is 4.00. The molecule has 26 heavy (non-hydrogen) atoms. The lowest BCUT2D eigenvalue weighted by molar-refractivity contribution is -0.163. The van der Waals surface area contributed by atoms with Gasteiger partial charge in [0.2, 0.25) is 0 Å². The summed E-state index contributed by atoms with van der Waals surface area (Å²) in [5, 5.41) is -0.772. The van der Waals surface area contributed by atoms with Gasteiger partial charge in [-0.15, -0.1) is 0 Å². The molecule has 0 spiro atoms. The topological polar surface area (TPSA) is 105 Å². The second-order valence-electron chi connectivity index (χ2n) is 5.73. The van der Waals surface area contributed by atoms with Crippen LogP contribution in [0.15, 0.2) is 29.2 Å². The van der Waals surface area contributed by atoms with Crippen LogP contribution in [0.2, 0.25) is 0 Å². The third-order valence-electron chi connectivity index (χ3n) is 3.55. The molecule has 8 nitrogen and oxygen atoms in total. The number of benzene rings is 1. The van der Waals surface area contributed by atoms with Crippen molar-refractivity contribution in [3.63, 3.8) is 0 Å². The SMILES string of the molecule is CC(=O)O[C@H]1[C@@H](COS(=O)(=O)c2ccc(C)cc2)OC(Br)[C@@H]1OC(C)=O. The third kappa shape index (κ3) is 5.26. The van der Waals surface area contributed by atoms with Gasteiger partial charge in [-0.25, -0.2) is 0 Å². The van der Waals surface area contributed by atoms with Crippen molar-refractivity contribution in [1.29, 1.82) is 0 Å². The summed E-state index contributed by atoms with van der Waals surface area (Å²) in [4.78, 5) is 22.6. The van der Waals surface area contributed by atoms with E-state index in [2.05, 4.69) is 15.9 Å². The number of esters is 2. The number of aryl methyl sites for hydroxylation is 1. The van der Waals surface area contributed by atoms with Gasteiger partial charge in [-0.05, 0) is 19.1 Å². The summed E-state index contributed by atoms with van der Waals surface area (Å²) >= 11 is 3.18. The molecule has 1 unspecified atom stereocenters. The Hall–Kier alpha value is -1.49. The predicted octanol–water partition coefficient (Wildman–Crippen LogP) is 1.68. The maximum atomic E-state index is 12.3. The fraction of sp³-hybridized carbons (Fsp3) is 0.500. The van der Waals surface area contributed by atoms with Gasteiger partial charge in [0.1, 0.15) is 6.10 Å². The number of carbonyl (C=O) groups is 2. The Balaban J connectivity index is 2.12. The van der Waals surface area contributed by atoms with E-state index in [9.17, 15) is 18.0 Å². The standard InChI is InChI=1S/C16H19BrO8S/c1-9-4-6-12(7-5-9)26(20,21)22-8-13-14(23-10(2)18)15(16(17)25-13)24-11(3)19/h4-7,13-16H,8H2,1-3H3/t13-,14+,15-,16?/m1/s1. The molecule has 4 atom stereocenters. The molecule has 0 bridgehead atoms. The molecule has 1 aliphatic rings. The van der Waals surface area contributed by atoms with E-state index in [1.165, 1.54) is 26.0 Å². The van der Waals surface area contributed by atoms with Crippen molar-refractivity contribution in [3.8, 4) is 0 Å². The molecular weight excluding hydrogens is 432 g/mol. The van der Waals surface area contributed by atoms with E-state index in [-0.39, 0.29) is 4.90 Å². The summed E-state index contributed by atoms with van der Waals surface area (Å²) < 4.78 is 45.4. The van der Waals surface area contributed by atoms with Crippen molar-refractivity contribution in [2.45, 2.75) is 49.0 Å². The molecule has 0 N–H and O–H groups in total. The first-order valence-corrected chi connectivity index (χ1v) is 10.0. The molecule has 0 radical (unpaired) electrons. The molecule has 1 saturated heterocycles. The third-order valence-corrected chi connectivity index (χ3v) is 5.59. The summed E-state index contributed by atoms with van der Waals surface area (Å²) in [6, 6.07) is 6.15. The van der Waals surface area contributed by atoms with Gasteiger partial charge in [-0.2, -0.15) is 8.42 Å². The minimum atomic E-state index is -4.02. The monoisotopic (exact) mass is 450 g/mol. The number of carbonyl (C=O) groups excluding carboxylic acids is 2. The van der Waals surface area contributed by atoms with Gasteiger partial charge in [0.15, 0.2) is 17.2 Å². The maximum absolute atomic E-state index is 12.3. The smallest absolute Gasteiger partial charge is 0.303 e. The van der Waals surface area contributed by atoms with Crippen molar-refractivity contribution >= 4 is 38.0 Å². The van der Waals surface area contributed by atoms with E-state index in [0.717, 1.165) is 5.56 Å². The second-order valence-corrected chi connectivity index (χ2v) is 8.24. The van der Waals surface area contributed by atoms with Gasteiger partial charge in [-0.1, -0.05) is 33.6 Å². The van der Waals surface area contributed by atoms with Crippen LogP contribution in [0.1, 0.15) is 19.4 Å². The van der Waals surface area contributed by atoms with Crippen molar-refractivity contribution in [1.82, 2.24) is 0 Å². The Morgan fingerprint density at radius 1 is 1.08 bits per heavy atom. The average Bonchev–Trinajstić information content (AvgIpc) is 2.81. The minimum Gasteiger partial charge on any atom is -0.456 e. The van der Waals surface area contributed by atoms with Crippen molar-refractivity contribution in [2.75, 3.05) is 6.61 Å². The molecule has 0 amide bonds. The molecule has 1 fully saturated rings. The van der Waals surface area contributed by atoms with E-state index in [1.807, 2.05) is 6.92 Å². The summed E-state index contributed by atoms with van der Waals surface area (Å²) in [6.07, 6.45) is -2.87. The number of hydrogen-bond acceptors (Lipinski definition) is 8. The van der Waals surface area contributed by atoms with Crippen LogP contribution in [0.3, 0.4) is 0 Å². The first-order chi connectivity index (χ1) is 12.1. The minimum absolute atomic E-state index is 0.00272. The van der Waals surface area contributed by atoms with Gasteiger partial charge in [-0.3, -0.25) is 13.8 Å². The molecule has 0 aliphatic carbocycles. The van der Waals surface area contributed by atoms with E-state index in [1.54, 1.807) is 12.1 Å². The van der Waals surface area contributed by atoms with Crippen molar-refractivity contribution in [2.24, 2.45) is 0 Å². The van der Waals surface area contributed by atoms with Crippen LogP contribution >= 0.6 is 15.9 Å². The van der Waals surface area contributed by atoms with Crippen LogP contribution in [0.5, 0.6) is 0 Å². The summed E-state index contributed by atoms with van der Waals surface area (Å²) in [7, 11) is -4.02. The van der Waals surface area contributed by atoms with E-state index < -0.39 is 52.0 Å². The quantitative estimate of drug-likeness (QED) is 0.366. The van der Waals surface area contributed by atoms with Gasteiger partial charge in [0.05, 0.1) is 11.5 Å². The highest BCUT2D eigenvalue weighted by Gasteiger charge is 2.48. The highest BCUT2D eigenvalue weighted by molar-refractivity contribution is 9.09. The zero-order valence-electron chi connectivity index (χ0n) is 14.4. The van der Waals surface area contributed by atoms with E-state index in [0.29, 0.717) is 0 Å². The Morgan fingerprint density at radius 2 is 1.62 bits per heavy atom. The van der Waals surface area contributed by atoms with E-state index in [4.69, 9.17) is 18.4 Å². The summed E-state index contributed by atoms with van der Waals surface area (Å²) in [5.41, 5.74) is 0.907.